The third-order valence-corrected chi connectivity index (χ3v) is 5.52. The first-order valence-electron chi connectivity index (χ1n) is 9.89. The largest absolute Gasteiger partial charge is 0.481 e. The molecule has 1 aromatic carbocycles. The number of anilines is 1. The van der Waals surface area contributed by atoms with Gasteiger partial charge in [-0.3, -0.25) is 9.69 Å². The first-order chi connectivity index (χ1) is 14.6. The van der Waals surface area contributed by atoms with E-state index in [1.165, 1.54) is 12.0 Å². The molecular weight excluding hydrogens is 423 g/mol. The Labute approximate surface area is 184 Å². The van der Waals surface area contributed by atoms with Crippen LogP contribution in [0.2, 0.25) is 5.02 Å². The summed E-state index contributed by atoms with van der Waals surface area (Å²) in [6, 6.07) is 8.95. The maximum atomic E-state index is 15.0. The van der Waals surface area contributed by atoms with Crippen LogP contribution in [0.25, 0.3) is 11.0 Å². The van der Waals surface area contributed by atoms with Crippen LogP contribution in [0, 0.1) is 0 Å². The zero-order chi connectivity index (χ0) is 22.4. The molecular formula is C22H24ClFN4O3. The fourth-order valence-electron chi connectivity index (χ4n) is 3.36. The normalized spacial score (nSPS) is 15.5. The summed E-state index contributed by atoms with van der Waals surface area (Å²) in [7, 11) is 1.45. The van der Waals surface area contributed by atoms with E-state index in [1.54, 1.807) is 12.1 Å². The molecule has 4 rings (SSSR count). The van der Waals surface area contributed by atoms with Crippen LogP contribution < -0.4 is 9.64 Å². The highest BCUT2D eigenvalue weighted by Gasteiger charge is 2.43. The molecule has 7 nitrogen and oxygen atoms in total. The number of pyridine rings is 1. The van der Waals surface area contributed by atoms with E-state index in [9.17, 15) is 9.18 Å². The number of rotatable bonds is 5. The maximum absolute atomic E-state index is 15.0. The number of imidazole rings is 1. The van der Waals surface area contributed by atoms with E-state index in [2.05, 4.69) is 35.7 Å². The van der Waals surface area contributed by atoms with Crippen molar-refractivity contribution in [1.82, 2.24) is 15.0 Å². The Morgan fingerprint density at radius 3 is 2.65 bits per heavy atom. The van der Waals surface area contributed by atoms with Gasteiger partial charge in [-0.2, -0.15) is 4.98 Å². The van der Waals surface area contributed by atoms with Crippen LogP contribution >= 0.6 is 11.6 Å². The Morgan fingerprint density at radius 1 is 1.29 bits per heavy atom. The number of methoxy groups -OCH3 is 1. The van der Waals surface area contributed by atoms with E-state index in [-0.39, 0.29) is 47.7 Å². The van der Waals surface area contributed by atoms with E-state index >= 15 is 0 Å². The Kier molecular flexibility index (Phi) is 5.39. The number of benzene rings is 1. The van der Waals surface area contributed by atoms with Crippen molar-refractivity contribution in [2.24, 2.45) is 0 Å². The molecule has 0 atom stereocenters. The molecule has 3 heterocycles. The average molecular weight is 447 g/mol. The lowest BCUT2D eigenvalue weighted by Gasteiger charge is -2.37. The summed E-state index contributed by atoms with van der Waals surface area (Å²) in [5, 5.41) is 0.198. The van der Waals surface area contributed by atoms with Gasteiger partial charge < -0.3 is 14.5 Å². The molecule has 164 valence electrons. The van der Waals surface area contributed by atoms with Gasteiger partial charge in [-0.25, -0.2) is 9.37 Å². The summed E-state index contributed by atoms with van der Waals surface area (Å²) < 4.78 is 25.1. The lowest BCUT2D eigenvalue weighted by molar-refractivity contribution is -0.123. The molecule has 0 unspecified atom stereocenters. The van der Waals surface area contributed by atoms with E-state index in [0.717, 1.165) is 5.56 Å². The summed E-state index contributed by atoms with van der Waals surface area (Å²) in [5.74, 6) is -0.106. The maximum Gasteiger partial charge on any atom is 0.295 e. The first kappa shape index (κ1) is 21.5. The monoisotopic (exact) mass is 446 g/mol. The Balaban J connectivity index is 1.75. The van der Waals surface area contributed by atoms with Gasteiger partial charge in [0.2, 0.25) is 5.88 Å². The van der Waals surface area contributed by atoms with Crippen LogP contribution in [0.3, 0.4) is 0 Å². The summed E-state index contributed by atoms with van der Waals surface area (Å²) in [6.07, 6.45) is 0. The molecule has 1 N–H and O–H groups in total. The Morgan fingerprint density at radius 2 is 2.03 bits per heavy atom. The topological polar surface area (TPSA) is 80.3 Å². The number of hydrogen-bond donors (Lipinski definition) is 1. The molecule has 31 heavy (non-hydrogen) atoms. The number of fused-ring (bicyclic) bond motifs is 1. The van der Waals surface area contributed by atoms with Gasteiger partial charge in [0.05, 0.1) is 42.9 Å². The lowest BCUT2D eigenvalue weighted by atomic mass is 9.87. The Bertz CT molecular complexity index is 1140. The molecule has 2 aromatic heterocycles. The number of aromatic amines is 1. The molecule has 0 bridgehead atoms. The summed E-state index contributed by atoms with van der Waals surface area (Å²) in [6.45, 7) is 5.84. The molecule has 1 saturated heterocycles. The van der Waals surface area contributed by atoms with Crippen molar-refractivity contribution >= 4 is 34.4 Å². The molecule has 0 aliphatic carbocycles. The zero-order valence-electron chi connectivity index (χ0n) is 17.8. The fraction of sp³-hybridized carbons (Fsp3) is 0.409. The number of alkyl halides is 1. The highest BCUT2D eigenvalue weighted by atomic mass is 35.5. The fourth-order valence-corrected chi connectivity index (χ4v) is 3.57. The number of aromatic nitrogens is 3. The van der Waals surface area contributed by atoms with Crippen LogP contribution in [0.1, 0.15) is 37.0 Å². The quantitative estimate of drug-likeness (QED) is 0.632. The Hall–Kier alpha value is -2.71. The number of ether oxygens (including phenoxy) is 2. The number of amides is 1. The average Bonchev–Trinajstić information content (AvgIpc) is 3.13. The minimum Gasteiger partial charge on any atom is -0.481 e. The van der Waals surface area contributed by atoms with E-state index in [4.69, 9.17) is 21.1 Å². The number of nitrogens with zero attached hydrogens (tertiary/aromatic N) is 3. The zero-order valence-corrected chi connectivity index (χ0v) is 18.6. The van der Waals surface area contributed by atoms with Crippen molar-refractivity contribution in [3.63, 3.8) is 0 Å². The third kappa shape index (κ3) is 4.22. The standard InChI is InChI=1S/C22H24ClFN4O3/c1-21(2,3)13-5-7-15-16(9-13)26-18(25-15)20(29)28(10-22(24)11-31-12-22)19-14(23)6-8-17(27-19)30-4/h5-9H,10-12H2,1-4H3,(H,25,26). The van der Waals surface area contributed by atoms with Crippen molar-refractivity contribution in [3.05, 3.63) is 46.7 Å². The molecule has 1 aliphatic heterocycles. The number of hydrogen-bond acceptors (Lipinski definition) is 5. The lowest BCUT2D eigenvalue weighted by Crippen LogP contribution is -2.55. The third-order valence-electron chi connectivity index (χ3n) is 5.23. The molecule has 9 heteroatoms. The highest BCUT2D eigenvalue weighted by Crippen LogP contribution is 2.32. The smallest absolute Gasteiger partial charge is 0.295 e. The molecule has 1 aliphatic rings. The van der Waals surface area contributed by atoms with Gasteiger partial charge in [-0.05, 0) is 29.2 Å². The van der Waals surface area contributed by atoms with Gasteiger partial charge in [0.25, 0.3) is 5.91 Å². The molecule has 1 fully saturated rings. The number of halogens is 2. The highest BCUT2D eigenvalue weighted by molar-refractivity contribution is 6.33. The van der Waals surface area contributed by atoms with Crippen molar-refractivity contribution < 1.29 is 18.7 Å². The molecule has 0 radical (unpaired) electrons. The van der Waals surface area contributed by atoms with Gasteiger partial charge in [-0.1, -0.05) is 38.4 Å². The first-order valence-corrected chi connectivity index (χ1v) is 10.3. The summed E-state index contributed by atoms with van der Waals surface area (Å²) in [5.41, 5.74) is 0.709. The van der Waals surface area contributed by atoms with E-state index in [0.29, 0.717) is 11.0 Å². The number of H-pyrrole nitrogens is 1. The SMILES string of the molecule is COc1ccc(Cl)c(N(CC2(F)COC2)C(=O)c2nc3cc(C(C)(C)C)ccc3[nH]2)n1. The predicted octanol–water partition coefficient (Wildman–Crippen LogP) is 4.30. The second-order valence-corrected chi connectivity index (χ2v) is 9.17. The molecule has 1 amide bonds. The van der Waals surface area contributed by atoms with Crippen LogP contribution in [0.4, 0.5) is 10.2 Å². The second-order valence-electron chi connectivity index (χ2n) is 8.76. The van der Waals surface area contributed by atoms with Gasteiger partial charge >= 0.3 is 0 Å². The number of carbonyl (C=O) groups excluding carboxylic acids is 1. The van der Waals surface area contributed by atoms with E-state index in [1.807, 2.05) is 18.2 Å². The predicted molar refractivity (Wildman–Crippen MR) is 117 cm³/mol. The number of carbonyl (C=O) groups is 1. The molecule has 3 aromatic rings. The van der Waals surface area contributed by atoms with Gasteiger partial charge in [0.15, 0.2) is 17.3 Å². The van der Waals surface area contributed by atoms with Crippen LogP contribution in [0.15, 0.2) is 30.3 Å². The van der Waals surface area contributed by atoms with Crippen molar-refractivity contribution in [2.45, 2.75) is 31.9 Å². The minimum absolute atomic E-state index is 0.0633. The summed E-state index contributed by atoms with van der Waals surface area (Å²) >= 11 is 6.32. The van der Waals surface area contributed by atoms with Crippen molar-refractivity contribution in [2.75, 3.05) is 31.8 Å². The molecule has 0 saturated carbocycles. The van der Waals surface area contributed by atoms with Gasteiger partial charge in [-0.15, -0.1) is 0 Å². The van der Waals surface area contributed by atoms with Gasteiger partial charge in [0.1, 0.15) is 0 Å². The van der Waals surface area contributed by atoms with Crippen LogP contribution in [-0.4, -0.2) is 53.4 Å². The van der Waals surface area contributed by atoms with E-state index < -0.39 is 11.6 Å². The second kappa shape index (κ2) is 7.76. The van der Waals surface area contributed by atoms with Crippen LogP contribution in [-0.2, 0) is 10.2 Å². The summed E-state index contributed by atoms with van der Waals surface area (Å²) in [4.78, 5) is 26.4. The van der Waals surface area contributed by atoms with Gasteiger partial charge in [0, 0.05) is 6.07 Å². The van der Waals surface area contributed by atoms with Crippen LogP contribution in [0.5, 0.6) is 5.88 Å². The van der Waals surface area contributed by atoms with Crippen molar-refractivity contribution in [1.29, 1.82) is 0 Å². The number of nitrogens with one attached hydrogen (secondary N) is 1. The molecule has 0 spiro atoms. The van der Waals surface area contributed by atoms with Crippen molar-refractivity contribution in [3.8, 4) is 5.88 Å². The minimum atomic E-state index is -1.69.